The molecule has 1 atom stereocenters. The maximum Gasteiger partial charge on any atom is 0.289 e. The summed E-state index contributed by atoms with van der Waals surface area (Å²) in [5.41, 5.74) is 0.694. The van der Waals surface area contributed by atoms with E-state index in [1.807, 2.05) is 30.3 Å². The molecular formula is C16H18N2O4S. The number of para-hydroxylation sites is 1. The van der Waals surface area contributed by atoms with Crippen LogP contribution in [0.4, 0.5) is 5.69 Å². The van der Waals surface area contributed by atoms with Gasteiger partial charge in [0.2, 0.25) is 10.0 Å². The molecule has 0 radical (unpaired) electrons. The van der Waals surface area contributed by atoms with Crippen molar-refractivity contribution in [3.63, 3.8) is 0 Å². The van der Waals surface area contributed by atoms with Gasteiger partial charge in [-0.15, -0.1) is 0 Å². The zero-order chi connectivity index (χ0) is 16.9. The number of nitrogens with one attached hydrogen (secondary N) is 1. The number of hydrogen-bond donors (Lipinski definition) is 1. The van der Waals surface area contributed by atoms with Gasteiger partial charge < -0.3 is 0 Å². The van der Waals surface area contributed by atoms with Crippen molar-refractivity contribution >= 4 is 15.7 Å². The van der Waals surface area contributed by atoms with Gasteiger partial charge in [-0.2, -0.15) is 0 Å². The number of nitro benzene ring substituents is 1. The fourth-order valence-corrected chi connectivity index (χ4v) is 3.70. The van der Waals surface area contributed by atoms with E-state index in [0.29, 0.717) is 6.42 Å². The van der Waals surface area contributed by atoms with Crippen molar-refractivity contribution in [2.75, 3.05) is 0 Å². The molecule has 0 aliphatic carbocycles. The molecule has 0 unspecified atom stereocenters. The zero-order valence-electron chi connectivity index (χ0n) is 12.7. The largest absolute Gasteiger partial charge is 0.289 e. The Kier molecular flexibility index (Phi) is 5.46. The predicted octanol–water partition coefficient (Wildman–Crippen LogP) is 2.89. The second-order valence-corrected chi connectivity index (χ2v) is 6.95. The van der Waals surface area contributed by atoms with E-state index >= 15 is 0 Å². The zero-order valence-corrected chi connectivity index (χ0v) is 13.5. The molecule has 7 heteroatoms. The Balaban J connectivity index is 2.08. The predicted molar refractivity (Wildman–Crippen MR) is 87.6 cm³/mol. The van der Waals surface area contributed by atoms with E-state index < -0.39 is 20.6 Å². The number of aryl methyl sites for hydroxylation is 1. The lowest BCUT2D eigenvalue weighted by Gasteiger charge is -2.14. The average Bonchev–Trinajstić information content (AvgIpc) is 2.53. The lowest BCUT2D eigenvalue weighted by atomic mass is 10.1. The van der Waals surface area contributed by atoms with Gasteiger partial charge in [0.15, 0.2) is 4.90 Å². The molecule has 0 saturated carbocycles. The summed E-state index contributed by atoms with van der Waals surface area (Å²) < 4.78 is 27.2. The molecule has 0 bridgehead atoms. The monoisotopic (exact) mass is 334 g/mol. The molecular weight excluding hydrogens is 316 g/mol. The molecule has 1 N–H and O–H groups in total. The highest BCUT2D eigenvalue weighted by atomic mass is 32.2. The molecule has 0 amide bonds. The third-order valence-electron chi connectivity index (χ3n) is 3.42. The Morgan fingerprint density at radius 3 is 2.35 bits per heavy atom. The first kappa shape index (κ1) is 17.1. The molecule has 23 heavy (non-hydrogen) atoms. The molecule has 2 rings (SSSR count). The van der Waals surface area contributed by atoms with Crippen LogP contribution in [-0.2, 0) is 16.4 Å². The Labute approximate surface area is 135 Å². The van der Waals surface area contributed by atoms with Gasteiger partial charge in [-0.1, -0.05) is 42.5 Å². The van der Waals surface area contributed by atoms with Crippen LogP contribution >= 0.6 is 0 Å². The highest BCUT2D eigenvalue weighted by Crippen LogP contribution is 2.23. The van der Waals surface area contributed by atoms with Crippen LogP contribution in [0.1, 0.15) is 18.9 Å². The molecule has 0 saturated heterocycles. The lowest BCUT2D eigenvalue weighted by Crippen LogP contribution is -2.33. The SMILES string of the molecule is C[C@H](CCc1ccccc1)NS(=O)(=O)c1ccccc1[N+](=O)[O-]. The Hall–Kier alpha value is -2.25. The topological polar surface area (TPSA) is 89.3 Å². The number of nitro groups is 1. The van der Waals surface area contributed by atoms with E-state index in [2.05, 4.69) is 4.72 Å². The van der Waals surface area contributed by atoms with E-state index in [9.17, 15) is 18.5 Å². The van der Waals surface area contributed by atoms with Crippen LogP contribution in [0.3, 0.4) is 0 Å². The van der Waals surface area contributed by atoms with Crippen molar-refractivity contribution in [3.05, 3.63) is 70.3 Å². The highest BCUT2D eigenvalue weighted by molar-refractivity contribution is 7.89. The van der Waals surface area contributed by atoms with Gasteiger partial charge >= 0.3 is 0 Å². The van der Waals surface area contributed by atoms with Gasteiger partial charge in [0.25, 0.3) is 5.69 Å². The number of nitrogens with zero attached hydrogens (tertiary/aromatic N) is 1. The minimum Gasteiger partial charge on any atom is -0.258 e. The van der Waals surface area contributed by atoms with Crippen LogP contribution in [0.15, 0.2) is 59.5 Å². The molecule has 2 aromatic rings. The first-order chi connectivity index (χ1) is 10.9. The second kappa shape index (κ2) is 7.34. The first-order valence-corrected chi connectivity index (χ1v) is 8.68. The van der Waals surface area contributed by atoms with Crippen LogP contribution in [0, 0.1) is 10.1 Å². The summed E-state index contributed by atoms with van der Waals surface area (Å²) in [7, 11) is -3.93. The van der Waals surface area contributed by atoms with E-state index in [4.69, 9.17) is 0 Å². The fraction of sp³-hybridized carbons (Fsp3) is 0.250. The second-order valence-electron chi connectivity index (χ2n) is 5.27. The third-order valence-corrected chi connectivity index (χ3v) is 5.05. The van der Waals surface area contributed by atoms with Gasteiger partial charge in [-0.25, -0.2) is 13.1 Å². The number of sulfonamides is 1. The summed E-state index contributed by atoms with van der Waals surface area (Å²) in [6, 6.07) is 14.7. The Morgan fingerprint density at radius 2 is 1.70 bits per heavy atom. The van der Waals surface area contributed by atoms with Gasteiger partial charge in [-0.05, 0) is 31.4 Å². The minimum absolute atomic E-state index is 0.309. The Morgan fingerprint density at radius 1 is 1.09 bits per heavy atom. The van der Waals surface area contributed by atoms with Gasteiger partial charge in [0.05, 0.1) is 4.92 Å². The number of hydrogen-bond acceptors (Lipinski definition) is 4. The molecule has 2 aromatic carbocycles. The van der Waals surface area contributed by atoms with E-state index in [-0.39, 0.29) is 10.9 Å². The van der Waals surface area contributed by atoms with Crippen molar-refractivity contribution in [2.24, 2.45) is 0 Å². The lowest BCUT2D eigenvalue weighted by molar-refractivity contribution is -0.387. The van der Waals surface area contributed by atoms with E-state index in [1.54, 1.807) is 6.92 Å². The fourth-order valence-electron chi connectivity index (χ4n) is 2.25. The van der Waals surface area contributed by atoms with E-state index in [1.165, 1.54) is 24.3 Å². The summed E-state index contributed by atoms with van der Waals surface area (Å²) in [4.78, 5) is 9.98. The van der Waals surface area contributed by atoms with Crippen LogP contribution in [0.25, 0.3) is 0 Å². The maximum atomic E-state index is 12.4. The number of rotatable bonds is 7. The van der Waals surface area contributed by atoms with Crippen LogP contribution in [0.2, 0.25) is 0 Å². The maximum absolute atomic E-state index is 12.4. The summed E-state index contributed by atoms with van der Waals surface area (Å²) >= 11 is 0. The van der Waals surface area contributed by atoms with E-state index in [0.717, 1.165) is 12.0 Å². The number of benzene rings is 2. The standard InChI is InChI=1S/C16H18N2O4S/c1-13(11-12-14-7-3-2-4-8-14)17-23(21,22)16-10-6-5-9-15(16)18(19)20/h2-10,13,17H,11-12H2,1H3/t13-/m1/s1. The summed E-state index contributed by atoms with van der Waals surface area (Å²) in [5.74, 6) is 0. The third kappa shape index (κ3) is 4.61. The Bertz CT molecular complexity index is 776. The summed E-state index contributed by atoms with van der Waals surface area (Å²) in [6.07, 6.45) is 1.32. The van der Waals surface area contributed by atoms with Crippen LogP contribution in [-0.4, -0.2) is 19.4 Å². The molecule has 0 heterocycles. The average molecular weight is 334 g/mol. The van der Waals surface area contributed by atoms with Gasteiger partial charge in [0.1, 0.15) is 0 Å². The quantitative estimate of drug-likeness (QED) is 0.623. The van der Waals surface area contributed by atoms with Crippen LogP contribution in [0.5, 0.6) is 0 Å². The first-order valence-electron chi connectivity index (χ1n) is 7.20. The van der Waals surface area contributed by atoms with Gasteiger partial charge in [0, 0.05) is 12.1 Å². The molecule has 6 nitrogen and oxygen atoms in total. The molecule has 0 aliphatic heterocycles. The molecule has 0 aromatic heterocycles. The normalized spacial score (nSPS) is 12.7. The minimum atomic E-state index is -3.93. The van der Waals surface area contributed by atoms with Crippen molar-refractivity contribution in [2.45, 2.75) is 30.7 Å². The molecule has 0 aliphatic rings. The van der Waals surface area contributed by atoms with Crippen molar-refractivity contribution in [1.29, 1.82) is 0 Å². The summed E-state index contributed by atoms with van der Waals surface area (Å²) in [5, 5.41) is 11.0. The van der Waals surface area contributed by atoms with Crippen molar-refractivity contribution < 1.29 is 13.3 Å². The van der Waals surface area contributed by atoms with Crippen molar-refractivity contribution in [1.82, 2.24) is 4.72 Å². The van der Waals surface area contributed by atoms with Crippen molar-refractivity contribution in [3.8, 4) is 0 Å². The molecule has 0 fully saturated rings. The summed E-state index contributed by atoms with van der Waals surface area (Å²) in [6.45, 7) is 1.75. The smallest absolute Gasteiger partial charge is 0.258 e. The molecule has 122 valence electrons. The molecule has 0 spiro atoms. The van der Waals surface area contributed by atoms with Gasteiger partial charge in [-0.3, -0.25) is 10.1 Å². The van der Waals surface area contributed by atoms with Crippen LogP contribution < -0.4 is 4.72 Å². The highest BCUT2D eigenvalue weighted by Gasteiger charge is 2.26.